The van der Waals surface area contributed by atoms with Crippen molar-refractivity contribution in [2.24, 2.45) is 5.73 Å². The number of hydrogen-bond acceptors (Lipinski definition) is 6. The SMILES string of the molecule is CN(C)CCCNc1cc(N(C)CCCN)ncn1. The second kappa shape index (κ2) is 8.66. The van der Waals surface area contributed by atoms with E-state index in [1.807, 2.05) is 13.1 Å². The summed E-state index contributed by atoms with van der Waals surface area (Å²) in [5, 5.41) is 3.32. The number of nitrogens with two attached hydrogens (primary N) is 1. The zero-order valence-corrected chi connectivity index (χ0v) is 12.3. The van der Waals surface area contributed by atoms with Crippen molar-refractivity contribution in [3.8, 4) is 0 Å². The number of aromatic nitrogens is 2. The summed E-state index contributed by atoms with van der Waals surface area (Å²) in [7, 11) is 6.18. The Hall–Kier alpha value is -1.40. The van der Waals surface area contributed by atoms with Gasteiger partial charge in [-0.3, -0.25) is 0 Å². The first-order valence-corrected chi connectivity index (χ1v) is 6.75. The van der Waals surface area contributed by atoms with Crippen LogP contribution in [0, 0.1) is 0 Å². The molecular formula is C13H26N6. The summed E-state index contributed by atoms with van der Waals surface area (Å²) >= 11 is 0. The summed E-state index contributed by atoms with van der Waals surface area (Å²) < 4.78 is 0. The van der Waals surface area contributed by atoms with Gasteiger partial charge in [0, 0.05) is 26.2 Å². The van der Waals surface area contributed by atoms with E-state index in [0.717, 1.165) is 44.1 Å². The summed E-state index contributed by atoms with van der Waals surface area (Å²) in [5.74, 6) is 1.81. The van der Waals surface area contributed by atoms with E-state index >= 15 is 0 Å². The van der Waals surface area contributed by atoms with Crippen LogP contribution >= 0.6 is 0 Å². The summed E-state index contributed by atoms with van der Waals surface area (Å²) in [6.07, 6.45) is 3.66. The Labute approximate surface area is 116 Å². The maximum absolute atomic E-state index is 5.51. The maximum atomic E-state index is 5.51. The number of rotatable bonds is 9. The fourth-order valence-corrected chi connectivity index (χ4v) is 1.71. The van der Waals surface area contributed by atoms with Crippen LogP contribution in [-0.4, -0.2) is 62.2 Å². The smallest absolute Gasteiger partial charge is 0.133 e. The highest BCUT2D eigenvalue weighted by atomic mass is 15.2. The third-order valence-corrected chi connectivity index (χ3v) is 2.83. The van der Waals surface area contributed by atoms with Crippen LogP contribution in [0.4, 0.5) is 11.6 Å². The molecule has 0 aliphatic heterocycles. The summed E-state index contributed by atoms with van der Waals surface area (Å²) in [6.45, 7) is 3.60. The lowest BCUT2D eigenvalue weighted by Gasteiger charge is -2.18. The normalized spacial score (nSPS) is 10.8. The van der Waals surface area contributed by atoms with Crippen LogP contribution in [0.15, 0.2) is 12.4 Å². The van der Waals surface area contributed by atoms with Gasteiger partial charge in [0.15, 0.2) is 0 Å². The molecule has 0 fully saturated rings. The van der Waals surface area contributed by atoms with E-state index in [4.69, 9.17) is 5.73 Å². The standard InChI is InChI=1S/C13H26N6/c1-18(2)8-5-7-15-12-10-13(17-11-16-12)19(3)9-4-6-14/h10-11H,4-9,14H2,1-3H3,(H,15,16,17). The highest BCUT2D eigenvalue weighted by Gasteiger charge is 2.03. The third kappa shape index (κ3) is 6.35. The lowest BCUT2D eigenvalue weighted by atomic mass is 10.3. The van der Waals surface area contributed by atoms with Crippen molar-refractivity contribution in [1.82, 2.24) is 14.9 Å². The molecule has 0 bridgehead atoms. The molecule has 1 rings (SSSR count). The molecule has 1 aromatic heterocycles. The average molecular weight is 266 g/mol. The van der Waals surface area contributed by atoms with Gasteiger partial charge in [-0.1, -0.05) is 0 Å². The number of anilines is 2. The molecule has 0 saturated heterocycles. The van der Waals surface area contributed by atoms with E-state index < -0.39 is 0 Å². The van der Waals surface area contributed by atoms with Crippen LogP contribution in [0.3, 0.4) is 0 Å². The fraction of sp³-hybridized carbons (Fsp3) is 0.692. The minimum atomic E-state index is 0.699. The van der Waals surface area contributed by atoms with Gasteiger partial charge >= 0.3 is 0 Å². The maximum Gasteiger partial charge on any atom is 0.133 e. The van der Waals surface area contributed by atoms with Crippen molar-refractivity contribution in [3.05, 3.63) is 12.4 Å². The Bertz CT molecular complexity index is 355. The van der Waals surface area contributed by atoms with Crippen LogP contribution in [0.2, 0.25) is 0 Å². The minimum Gasteiger partial charge on any atom is -0.370 e. The Kier molecular flexibility index (Phi) is 7.14. The Morgan fingerprint density at radius 1 is 1.16 bits per heavy atom. The molecule has 108 valence electrons. The number of nitrogens with one attached hydrogen (secondary N) is 1. The van der Waals surface area contributed by atoms with Gasteiger partial charge in [0.1, 0.15) is 18.0 Å². The highest BCUT2D eigenvalue weighted by molar-refractivity contribution is 5.47. The average Bonchev–Trinajstić information content (AvgIpc) is 2.41. The first-order valence-electron chi connectivity index (χ1n) is 6.75. The summed E-state index contributed by atoms with van der Waals surface area (Å²) in [5.41, 5.74) is 5.51. The van der Waals surface area contributed by atoms with E-state index in [1.54, 1.807) is 6.33 Å². The lowest BCUT2D eigenvalue weighted by Crippen LogP contribution is -2.22. The van der Waals surface area contributed by atoms with Crippen LogP contribution in [0.25, 0.3) is 0 Å². The highest BCUT2D eigenvalue weighted by Crippen LogP contribution is 2.12. The molecule has 0 aliphatic rings. The predicted octanol–water partition coefficient (Wildman–Crippen LogP) is 0.625. The molecule has 0 aliphatic carbocycles. The van der Waals surface area contributed by atoms with E-state index in [1.165, 1.54) is 0 Å². The molecule has 0 spiro atoms. The van der Waals surface area contributed by atoms with Crippen LogP contribution in [0.1, 0.15) is 12.8 Å². The van der Waals surface area contributed by atoms with Crippen molar-refractivity contribution in [3.63, 3.8) is 0 Å². The molecule has 0 amide bonds. The Morgan fingerprint density at radius 2 is 1.95 bits per heavy atom. The summed E-state index contributed by atoms with van der Waals surface area (Å²) in [4.78, 5) is 12.8. The van der Waals surface area contributed by atoms with Crippen molar-refractivity contribution >= 4 is 11.6 Å². The van der Waals surface area contributed by atoms with E-state index in [2.05, 4.69) is 39.2 Å². The van der Waals surface area contributed by atoms with Crippen molar-refractivity contribution < 1.29 is 0 Å². The van der Waals surface area contributed by atoms with Crippen molar-refractivity contribution in [1.29, 1.82) is 0 Å². The second-order valence-corrected chi connectivity index (χ2v) is 4.91. The van der Waals surface area contributed by atoms with Gasteiger partial charge in [0.25, 0.3) is 0 Å². The largest absolute Gasteiger partial charge is 0.370 e. The first-order chi connectivity index (χ1) is 9.13. The van der Waals surface area contributed by atoms with Gasteiger partial charge in [0.05, 0.1) is 0 Å². The molecule has 3 N–H and O–H groups in total. The summed E-state index contributed by atoms with van der Waals surface area (Å²) in [6, 6.07) is 1.98. The quantitative estimate of drug-likeness (QED) is 0.639. The van der Waals surface area contributed by atoms with Crippen molar-refractivity contribution in [2.75, 3.05) is 57.5 Å². The minimum absolute atomic E-state index is 0.699. The molecule has 0 aromatic carbocycles. The molecule has 0 saturated carbocycles. The topological polar surface area (TPSA) is 70.3 Å². The zero-order chi connectivity index (χ0) is 14.1. The molecule has 19 heavy (non-hydrogen) atoms. The predicted molar refractivity (Wildman–Crippen MR) is 80.6 cm³/mol. The molecule has 1 aromatic rings. The Balaban J connectivity index is 2.43. The Morgan fingerprint density at radius 3 is 2.63 bits per heavy atom. The fourth-order valence-electron chi connectivity index (χ4n) is 1.71. The molecule has 1 heterocycles. The van der Waals surface area contributed by atoms with Gasteiger partial charge in [-0.25, -0.2) is 9.97 Å². The van der Waals surface area contributed by atoms with Crippen LogP contribution in [-0.2, 0) is 0 Å². The molecule has 0 radical (unpaired) electrons. The number of hydrogen-bond donors (Lipinski definition) is 2. The second-order valence-electron chi connectivity index (χ2n) is 4.91. The lowest BCUT2D eigenvalue weighted by molar-refractivity contribution is 0.405. The first kappa shape index (κ1) is 15.7. The van der Waals surface area contributed by atoms with Gasteiger partial charge in [0.2, 0.25) is 0 Å². The van der Waals surface area contributed by atoms with Crippen LogP contribution < -0.4 is 16.0 Å². The molecular weight excluding hydrogens is 240 g/mol. The van der Waals surface area contributed by atoms with Gasteiger partial charge in [-0.15, -0.1) is 0 Å². The monoisotopic (exact) mass is 266 g/mol. The molecule has 6 heteroatoms. The molecule has 0 atom stereocenters. The van der Waals surface area contributed by atoms with Crippen LogP contribution in [0.5, 0.6) is 0 Å². The van der Waals surface area contributed by atoms with Gasteiger partial charge < -0.3 is 20.9 Å². The third-order valence-electron chi connectivity index (χ3n) is 2.83. The van der Waals surface area contributed by atoms with E-state index in [9.17, 15) is 0 Å². The van der Waals surface area contributed by atoms with E-state index in [-0.39, 0.29) is 0 Å². The van der Waals surface area contributed by atoms with Gasteiger partial charge in [-0.2, -0.15) is 0 Å². The van der Waals surface area contributed by atoms with Crippen molar-refractivity contribution in [2.45, 2.75) is 12.8 Å². The molecule has 0 unspecified atom stereocenters. The molecule has 6 nitrogen and oxygen atoms in total. The van der Waals surface area contributed by atoms with Gasteiger partial charge in [-0.05, 0) is 40.0 Å². The number of nitrogens with zero attached hydrogens (tertiary/aromatic N) is 4. The zero-order valence-electron chi connectivity index (χ0n) is 12.3. The van der Waals surface area contributed by atoms with E-state index in [0.29, 0.717) is 6.54 Å².